The first kappa shape index (κ1) is 12.9. The highest BCUT2D eigenvalue weighted by Crippen LogP contribution is 2.25. The Kier molecular flexibility index (Phi) is 3.54. The number of carbonyl (C=O) groups excluding carboxylic acids is 1. The summed E-state index contributed by atoms with van der Waals surface area (Å²) in [4.78, 5) is 16.7. The topological polar surface area (TPSA) is 51.0 Å². The van der Waals surface area contributed by atoms with E-state index in [0.717, 1.165) is 0 Å². The molecule has 2 aromatic rings. The molecule has 0 N–H and O–H groups in total. The van der Waals surface area contributed by atoms with Crippen LogP contribution in [0.2, 0.25) is 10.2 Å². The van der Waals surface area contributed by atoms with Gasteiger partial charge in [-0.05, 0) is 6.07 Å². The van der Waals surface area contributed by atoms with E-state index in [9.17, 15) is 4.79 Å². The molecule has 1 amide bonds. The predicted octanol–water partition coefficient (Wildman–Crippen LogP) is 2.56. The van der Waals surface area contributed by atoms with Crippen molar-refractivity contribution in [3.05, 3.63) is 34.8 Å². The molecule has 0 saturated carbocycles. The van der Waals surface area contributed by atoms with Crippen LogP contribution in [0.1, 0.15) is 6.92 Å². The highest BCUT2D eigenvalue weighted by molar-refractivity contribution is 6.32. The number of pyridine rings is 1. The Hall–Kier alpha value is -1.59. The van der Waals surface area contributed by atoms with Crippen LogP contribution in [0.3, 0.4) is 0 Å². The fraction of sp³-hybridized carbons (Fsp3) is 0.182. The Balaban J connectivity index is 2.43. The Labute approximate surface area is 114 Å². The Morgan fingerprint density at radius 2 is 2.11 bits per heavy atom. The molecular weight excluding hydrogens is 275 g/mol. The molecule has 0 radical (unpaired) electrons. The van der Waals surface area contributed by atoms with Gasteiger partial charge in [-0.25, -0.2) is 4.68 Å². The van der Waals surface area contributed by atoms with Crippen molar-refractivity contribution in [1.82, 2.24) is 14.8 Å². The smallest absolute Gasteiger partial charge is 0.223 e. The maximum Gasteiger partial charge on any atom is 0.223 e. The number of amides is 1. The minimum absolute atomic E-state index is 0.124. The largest absolute Gasteiger partial charge is 0.312 e. The van der Waals surface area contributed by atoms with Crippen LogP contribution in [0.4, 0.5) is 5.69 Å². The summed E-state index contributed by atoms with van der Waals surface area (Å²) < 4.78 is 1.52. The van der Waals surface area contributed by atoms with Crippen molar-refractivity contribution in [1.29, 1.82) is 0 Å². The molecular formula is C11H10Cl2N4O. The van der Waals surface area contributed by atoms with Gasteiger partial charge in [-0.15, -0.1) is 0 Å². The predicted molar refractivity (Wildman–Crippen MR) is 70.5 cm³/mol. The molecule has 0 bridgehead atoms. The van der Waals surface area contributed by atoms with E-state index in [1.165, 1.54) is 22.7 Å². The summed E-state index contributed by atoms with van der Waals surface area (Å²) in [5.74, 6) is -0.124. The molecule has 0 aliphatic heterocycles. The first-order chi connectivity index (χ1) is 8.49. The van der Waals surface area contributed by atoms with Gasteiger partial charge in [0, 0.05) is 20.2 Å². The lowest BCUT2D eigenvalue weighted by atomic mass is 10.4. The molecule has 5 nitrogen and oxygen atoms in total. The van der Waals surface area contributed by atoms with Gasteiger partial charge in [-0.2, -0.15) is 5.10 Å². The number of nitrogens with zero attached hydrogens (tertiary/aromatic N) is 4. The lowest BCUT2D eigenvalue weighted by Gasteiger charge is -2.11. The fourth-order valence-electron chi connectivity index (χ4n) is 1.40. The summed E-state index contributed by atoms with van der Waals surface area (Å²) in [5, 5.41) is 4.86. The first-order valence-electron chi connectivity index (χ1n) is 5.09. The second-order valence-electron chi connectivity index (χ2n) is 3.69. The van der Waals surface area contributed by atoms with E-state index in [2.05, 4.69) is 10.1 Å². The molecule has 0 aliphatic rings. The number of hydrogen-bond acceptors (Lipinski definition) is 3. The lowest BCUT2D eigenvalue weighted by molar-refractivity contribution is -0.116. The molecule has 2 rings (SSSR count). The van der Waals surface area contributed by atoms with Crippen molar-refractivity contribution in [3.8, 4) is 5.69 Å². The van der Waals surface area contributed by atoms with E-state index in [4.69, 9.17) is 23.2 Å². The molecule has 7 heteroatoms. The molecule has 18 heavy (non-hydrogen) atoms. The molecule has 0 aromatic carbocycles. The highest BCUT2D eigenvalue weighted by Gasteiger charge is 2.15. The number of halogens is 2. The average Bonchev–Trinajstić information content (AvgIpc) is 2.70. The van der Waals surface area contributed by atoms with Gasteiger partial charge < -0.3 is 4.90 Å². The summed E-state index contributed by atoms with van der Waals surface area (Å²) in [6, 6.07) is 1.70. The van der Waals surface area contributed by atoms with Gasteiger partial charge >= 0.3 is 0 Å². The Morgan fingerprint density at radius 3 is 2.72 bits per heavy atom. The van der Waals surface area contributed by atoms with E-state index in [1.54, 1.807) is 25.5 Å². The Morgan fingerprint density at radius 1 is 1.39 bits per heavy atom. The molecule has 94 valence electrons. The van der Waals surface area contributed by atoms with E-state index in [-0.39, 0.29) is 11.1 Å². The second kappa shape index (κ2) is 4.96. The number of carbonyl (C=O) groups is 1. The van der Waals surface area contributed by atoms with Crippen LogP contribution in [0.5, 0.6) is 0 Å². The van der Waals surface area contributed by atoms with Crippen molar-refractivity contribution in [2.45, 2.75) is 6.92 Å². The zero-order valence-corrected chi connectivity index (χ0v) is 11.3. The molecule has 0 aliphatic carbocycles. The van der Waals surface area contributed by atoms with Crippen LogP contribution in [0.25, 0.3) is 5.69 Å². The van der Waals surface area contributed by atoms with Crippen LogP contribution >= 0.6 is 23.2 Å². The van der Waals surface area contributed by atoms with Gasteiger partial charge in [-0.3, -0.25) is 9.78 Å². The van der Waals surface area contributed by atoms with Crippen LogP contribution in [0.15, 0.2) is 24.7 Å². The standard InChI is InChI=1S/C11H10Cl2N4O/c1-7(18)16(2)10-6-17(15-11(10)13)9-3-8(12)4-14-5-9/h3-6H,1-2H3. The average molecular weight is 285 g/mol. The zero-order chi connectivity index (χ0) is 13.3. The summed E-state index contributed by atoms with van der Waals surface area (Å²) in [5.41, 5.74) is 1.21. The minimum atomic E-state index is -0.124. The van der Waals surface area contributed by atoms with Crippen molar-refractivity contribution >= 4 is 34.8 Å². The number of aromatic nitrogens is 3. The van der Waals surface area contributed by atoms with E-state index < -0.39 is 0 Å². The van der Waals surface area contributed by atoms with Crippen molar-refractivity contribution < 1.29 is 4.79 Å². The quantitative estimate of drug-likeness (QED) is 0.852. The zero-order valence-electron chi connectivity index (χ0n) is 9.76. The molecule has 0 unspecified atom stereocenters. The maximum absolute atomic E-state index is 11.3. The van der Waals surface area contributed by atoms with E-state index in [1.807, 2.05) is 0 Å². The van der Waals surface area contributed by atoms with Gasteiger partial charge in [0.2, 0.25) is 5.91 Å². The van der Waals surface area contributed by atoms with Crippen LogP contribution in [-0.2, 0) is 4.79 Å². The summed E-state index contributed by atoms with van der Waals surface area (Å²) in [6.45, 7) is 1.45. The Bertz CT molecular complexity index is 596. The summed E-state index contributed by atoms with van der Waals surface area (Å²) >= 11 is 11.8. The van der Waals surface area contributed by atoms with Crippen LogP contribution < -0.4 is 4.90 Å². The third-order valence-corrected chi connectivity index (χ3v) is 2.92. The summed E-state index contributed by atoms with van der Waals surface area (Å²) in [6.07, 6.45) is 4.78. The number of hydrogen-bond donors (Lipinski definition) is 0. The van der Waals surface area contributed by atoms with Gasteiger partial charge in [-0.1, -0.05) is 23.2 Å². The molecule has 2 heterocycles. The molecule has 0 atom stereocenters. The van der Waals surface area contributed by atoms with Gasteiger partial charge in [0.25, 0.3) is 0 Å². The SMILES string of the molecule is CC(=O)N(C)c1cn(-c2cncc(Cl)c2)nc1Cl. The van der Waals surface area contributed by atoms with Crippen LogP contribution in [-0.4, -0.2) is 27.7 Å². The highest BCUT2D eigenvalue weighted by atomic mass is 35.5. The third kappa shape index (κ3) is 2.47. The second-order valence-corrected chi connectivity index (χ2v) is 4.48. The maximum atomic E-state index is 11.3. The lowest BCUT2D eigenvalue weighted by Crippen LogP contribution is -2.22. The van der Waals surface area contributed by atoms with Gasteiger partial charge in [0.05, 0.1) is 23.1 Å². The molecule has 0 saturated heterocycles. The van der Waals surface area contributed by atoms with Crippen molar-refractivity contribution in [3.63, 3.8) is 0 Å². The number of rotatable bonds is 2. The summed E-state index contributed by atoms with van der Waals surface area (Å²) in [7, 11) is 1.63. The normalized spacial score (nSPS) is 10.4. The van der Waals surface area contributed by atoms with Crippen LogP contribution in [0, 0.1) is 0 Å². The van der Waals surface area contributed by atoms with Crippen molar-refractivity contribution in [2.75, 3.05) is 11.9 Å². The van der Waals surface area contributed by atoms with E-state index >= 15 is 0 Å². The molecule has 2 aromatic heterocycles. The molecule has 0 fully saturated rings. The van der Waals surface area contributed by atoms with Gasteiger partial charge in [0.15, 0.2) is 5.15 Å². The van der Waals surface area contributed by atoms with Gasteiger partial charge in [0.1, 0.15) is 5.69 Å². The fourth-order valence-corrected chi connectivity index (χ4v) is 1.82. The van der Waals surface area contributed by atoms with Crippen molar-refractivity contribution in [2.24, 2.45) is 0 Å². The minimum Gasteiger partial charge on any atom is -0.312 e. The first-order valence-corrected chi connectivity index (χ1v) is 5.85. The third-order valence-electron chi connectivity index (χ3n) is 2.44. The number of anilines is 1. The molecule has 0 spiro atoms. The monoisotopic (exact) mass is 284 g/mol. The van der Waals surface area contributed by atoms with E-state index in [0.29, 0.717) is 16.4 Å².